The number of carbonyl (C=O) groups excluding carboxylic acids is 1. The van der Waals surface area contributed by atoms with Crippen LogP contribution in [-0.2, 0) is 0 Å². The maximum atomic E-state index is 13.5. The van der Waals surface area contributed by atoms with E-state index in [9.17, 15) is 18.0 Å². The van der Waals surface area contributed by atoms with Crippen molar-refractivity contribution < 1.29 is 27.4 Å². The largest absolute Gasteiger partial charge is 0.457 e. The Kier molecular flexibility index (Phi) is 7.60. The van der Waals surface area contributed by atoms with Gasteiger partial charge in [0.25, 0.3) is 0 Å². The molecule has 6 nitrogen and oxygen atoms in total. The smallest absolute Gasteiger partial charge is 0.387 e. The van der Waals surface area contributed by atoms with Gasteiger partial charge in [0.05, 0.1) is 12.2 Å². The van der Waals surface area contributed by atoms with Gasteiger partial charge in [0.2, 0.25) is 0 Å². The lowest BCUT2D eigenvalue weighted by molar-refractivity contribution is -0.0498. The summed E-state index contributed by atoms with van der Waals surface area (Å²) >= 11 is 6.05. The summed E-state index contributed by atoms with van der Waals surface area (Å²) in [6.07, 6.45) is 0. The lowest BCUT2D eigenvalue weighted by Gasteiger charge is -2.19. The van der Waals surface area contributed by atoms with Crippen LogP contribution >= 0.6 is 11.6 Å². The van der Waals surface area contributed by atoms with Crippen LogP contribution in [0.25, 0.3) is 11.3 Å². The van der Waals surface area contributed by atoms with Gasteiger partial charge in [0.15, 0.2) is 0 Å². The summed E-state index contributed by atoms with van der Waals surface area (Å²) in [7, 11) is 0. The van der Waals surface area contributed by atoms with Crippen molar-refractivity contribution in [1.82, 2.24) is 10.4 Å². The van der Waals surface area contributed by atoms with Gasteiger partial charge in [-0.25, -0.2) is 14.2 Å². The van der Waals surface area contributed by atoms with E-state index in [-0.39, 0.29) is 18.1 Å². The van der Waals surface area contributed by atoms with E-state index >= 15 is 0 Å². The van der Waals surface area contributed by atoms with Crippen LogP contribution < -0.4 is 20.2 Å². The maximum absolute atomic E-state index is 13.5. The van der Waals surface area contributed by atoms with Crippen LogP contribution in [0.5, 0.6) is 17.2 Å². The molecular formula is C29H21ClF3N3O3. The van der Waals surface area contributed by atoms with Crippen LogP contribution in [0.4, 0.5) is 23.7 Å². The average Bonchev–Trinajstić information content (AvgIpc) is 3.37. The van der Waals surface area contributed by atoms with E-state index in [1.165, 1.54) is 41.4 Å². The van der Waals surface area contributed by atoms with E-state index in [1.54, 1.807) is 48.5 Å². The summed E-state index contributed by atoms with van der Waals surface area (Å²) in [5.74, 6) is 0.601. The lowest BCUT2D eigenvalue weighted by atomic mass is 10.0. The molecule has 0 aromatic heterocycles. The van der Waals surface area contributed by atoms with Crippen LogP contribution in [0, 0.1) is 5.82 Å². The Balaban J connectivity index is 1.26. The number of nitrogens with zero attached hydrogens (tertiary/aromatic N) is 1. The Hall–Kier alpha value is -4.63. The highest BCUT2D eigenvalue weighted by molar-refractivity contribution is 6.30. The topological polar surface area (TPSA) is 62.8 Å². The molecule has 39 heavy (non-hydrogen) atoms. The SMILES string of the molecule is O=C(Nc1ccc(Oc2ccc(OC(F)F)cc2)cc1)N1CC(c2ccc(F)cc2)=C(c2ccc(Cl)cc2)N1. The molecule has 2 N–H and O–H groups in total. The number of urea groups is 1. The first kappa shape index (κ1) is 26.0. The number of nitrogens with one attached hydrogen (secondary N) is 2. The van der Waals surface area contributed by atoms with Crippen LogP contribution in [0.2, 0.25) is 5.02 Å². The summed E-state index contributed by atoms with van der Waals surface area (Å²) in [5.41, 5.74) is 6.81. The van der Waals surface area contributed by atoms with E-state index in [1.807, 2.05) is 12.1 Å². The number of ether oxygens (including phenoxy) is 2. The molecular weight excluding hydrogens is 531 g/mol. The first-order valence-electron chi connectivity index (χ1n) is 11.8. The van der Waals surface area contributed by atoms with E-state index in [2.05, 4.69) is 15.5 Å². The molecule has 0 radical (unpaired) electrons. The molecule has 0 atom stereocenters. The Bertz CT molecular complexity index is 1420. The molecule has 0 unspecified atom stereocenters. The molecule has 0 spiro atoms. The van der Waals surface area contributed by atoms with Crippen molar-refractivity contribution >= 4 is 34.6 Å². The highest BCUT2D eigenvalue weighted by Crippen LogP contribution is 2.32. The van der Waals surface area contributed by atoms with Gasteiger partial charge in [-0.2, -0.15) is 8.78 Å². The zero-order chi connectivity index (χ0) is 27.4. The normalized spacial score (nSPS) is 12.9. The fourth-order valence-electron chi connectivity index (χ4n) is 3.97. The minimum Gasteiger partial charge on any atom is -0.457 e. The number of amides is 2. The first-order valence-corrected chi connectivity index (χ1v) is 12.1. The van der Waals surface area contributed by atoms with Crippen molar-refractivity contribution in [2.45, 2.75) is 6.61 Å². The highest BCUT2D eigenvalue weighted by atomic mass is 35.5. The molecule has 0 saturated carbocycles. The van der Waals surface area contributed by atoms with Crippen LogP contribution in [0.3, 0.4) is 0 Å². The molecule has 1 aliphatic heterocycles. The second-order valence-electron chi connectivity index (χ2n) is 8.47. The van der Waals surface area contributed by atoms with Gasteiger partial charge in [-0.3, -0.25) is 5.43 Å². The number of hydrazine groups is 1. The molecule has 4 aromatic rings. The zero-order valence-corrected chi connectivity index (χ0v) is 21.0. The number of benzene rings is 4. The monoisotopic (exact) mass is 551 g/mol. The van der Waals surface area contributed by atoms with Gasteiger partial charge in [-0.05, 0) is 83.9 Å². The summed E-state index contributed by atoms with van der Waals surface area (Å²) in [6.45, 7) is -2.66. The van der Waals surface area contributed by atoms with Crippen molar-refractivity contribution in [3.63, 3.8) is 0 Å². The highest BCUT2D eigenvalue weighted by Gasteiger charge is 2.27. The van der Waals surface area contributed by atoms with Crippen molar-refractivity contribution in [1.29, 1.82) is 0 Å². The van der Waals surface area contributed by atoms with Crippen LogP contribution in [-0.4, -0.2) is 24.2 Å². The predicted octanol–water partition coefficient (Wildman–Crippen LogP) is 7.79. The van der Waals surface area contributed by atoms with Crippen LogP contribution in [0.15, 0.2) is 97.1 Å². The van der Waals surface area contributed by atoms with Crippen molar-refractivity contribution in [2.75, 3.05) is 11.9 Å². The molecule has 5 rings (SSSR count). The van der Waals surface area contributed by atoms with Gasteiger partial charge >= 0.3 is 12.6 Å². The van der Waals surface area contributed by atoms with Gasteiger partial charge < -0.3 is 14.8 Å². The molecule has 198 valence electrons. The van der Waals surface area contributed by atoms with Crippen LogP contribution in [0.1, 0.15) is 11.1 Å². The molecule has 2 amide bonds. The standard InChI is InChI=1S/C29H21ClF3N3O3/c30-20-5-1-19(2-6-20)27-26(18-3-7-21(31)8-4-18)17-36(35-27)29(37)34-22-9-11-23(12-10-22)38-24-13-15-25(16-14-24)39-28(32)33/h1-16,28,35H,17H2,(H,34,37). The fourth-order valence-corrected chi connectivity index (χ4v) is 4.09. The third kappa shape index (κ3) is 6.45. The number of anilines is 1. The number of hydrogen-bond donors (Lipinski definition) is 2. The molecule has 4 aromatic carbocycles. The Morgan fingerprint density at radius 1 is 0.821 bits per heavy atom. The van der Waals surface area contributed by atoms with E-state index in [0.717, 1.165) is 16.7 Å². The summed E-state index contributed by atoms with van der Waals surface area (Å²) in [4.78, 5) is 13.1. The first-order chi connectivity index (χ1) is 18.8. The van der Waals surface area contributed by atoms with E-state index in [0.29, 0.717) is 27.9 Å². The zero-order valence-electron chi connectivity index (χ0n) is 20.2. The Morgan fingerprint density at radius 3 is 2.00 bits per heavy atom. The summed E-state index contributed by atoms with van der Waals surface area (Å²) in [6, 6.07) is 25.3. The molecule has 0 saturated heterocycles. The average molecular weight is 552 g/mol. The molecule has 0 aliphatic carbocycles. The van der Waals surface area contributed by atoms with Gasteiger partial charge in [0.1, 0.15) is 23.1 Å². The molecule has 1 aliphatic rings. The number of hydrogen-bond acceptors (Lipinski definition) is 4. The number of halogens is 4. The van der Waals surface area contributed by atoms with Gasteiger partial charge in [-0.1, -0.05) is 35.9 Å². The number of carbonyl (C=O) groups is 1. The number of alkyl halides is 2. The molecule has 0 bridgehead atoms. The predicted molar refractivity (Wildman–Crippen MR) is 143 cm³/mol. The third-order valence-corrected chi connectivity index (χ3v) is 6.08. The van der Waals surface area contributed by atoms with E-state index in [4.69, 9.17) is 16.3 Å². The molecule has 10 heteroatoms. The molecule has 0 fully saturated rings. The van der Waals surface area contributed by atoms with Crippen molar-refractivity contribution in [3.05, 3.63) is 119 Å². The lowest BCUT2D eigenvalue weighted by Crippen LogP contribution is -2.40. The number of rotatable bonds is 7. The Labute approximate surface area is 227 Å². The second kappa shape index (κ2) is 11.4. The molecule has 1 heterocycles. The maximum Gasteiger partial charge on any atom is 0.387 e. The third-order valence-electron chi connectivity index (χ3n) is 5.83. The summed E-state index contributed by atoms with van der Waals surface area (Å²) < 4.78 is 48.2. The quantitative estimate of drug-likeness (QED) is 0.246. The van der Waals surface area contributed by atoms with E-state index < -0.39 is 12.6 Å². The van der Waals surface area contributed by atoms with Gasteiger partial charge in [0, 0.05) is 16.3 Å². The van der Waals surface area contributed by atoms with Gasteiger partial charge in [-0.15, -0.1) is 0 Å². The van der Waals surface area contributed by atoms with Crippen molar-refractivity contribution in [2.24, 2.45) is 0 Å². The fraction of sp³-hybridized carbons (Fsp3) is 0.0690. The Morgan fingerprint density at radius 2 is 1.38 bits per heavy atom. The minimum atomic E-state index is -2.90. The van der Waals surface area contributed by atoms with Crippen molar-refractivity contribution in [3.8, 4) is 17.2 Å². The summed E-state index contributed by atoms with van der Waals surface area (Å²) in [5, 5.41) is 4.85. The minimum absolute atomic E-state index is 0.0298. The second-order valence-corrected chi connectivity index (χ2v) is 8.91.